The highest BCUT2D eigenvalue weighted by Crippen LogP contribution is 2.39. The molecule has 2 rings (SSSR count). The van der Waals surface area contributed by atoms with E-state index in [1.165, 1.54) is 22.5 Å². The number of anilines is 1. The van der Waals surface area contributed by atoms with Crippen LogP contribution in [0, 0.1) is 13.8 Å². The van der Waals surface area contributed by atoms with Gasteiger partial charge in [0.2, 0.25) is 0 Å². The van der Waals surface area contributed by atoms with E-state index in [9.17, 15) is 4.79 Å². The van der Waals surface area contributed by atoms with Gasteiger partial charge in [-0.3, -0.25) is 0 Å². The lowest BCUT2D eigenvalue weighted by molar-refractivity contribution is 0.0533. The zero-order chi connectivity index (χ0) is 15.6. The standard InChI is InChI=1S/C17H21NO2S/c1-5-13-14(18)16(17(19)20-6-2)21-15(13)12-8-7-10(3)11(4)9-12/h7-9H,5-6,18H2,1-4H3. The van der Waals surface area contributed by atoms with Crippen LogP contribution in [0.4, 0.5) is 5.69 Å². The highest BCUT2D eigenvalue weighted by Gasteiger charge is 2.21. The van der Waals surface area contributed by atoms with Crippen LogP contribution < -0.4 is 5.73 Å². The van der Waals surface area contributed by atoms with Gasteiger partial charge < -0.3 is 10.5 Å². The molecular weight excluding hydrogens is 282 g/mol. The van der Waals surface area contributed by atoms with Crippen LogP contribution in [0.25, 0.3) is 10.4 Å². The zero-order valence-corrected chi connectivity index (χ0v) is 13.8. The third-order valence-corrected chi connectivity index (χ3v) is 4.91. The SMILES string of the molecule is CCOC(=O)c1sc(-c2ccc(C)c(C)c2)c(CC)c1N. The number of carbonyl (C=O) groups is 1. The van der Waals surface area contributed by atoms with Crippen molar-refractivity contribution in [1.29, 1.82) is 0 Å². The third kappa shape index (κ3) is 2.95. The molecule has 0 amide bonds. The summed E-state index contributed by atoms with van der Waals surface area (Å²) in [6.45, 7) is 8.39. The third-order valence-electron chi connectivity index (χ3n) is 3.63. The summed E-state index contributed by atoms with van der Waals surface area (Å²) in [6, 6.07) is 6.33. The Balaban J connectivity index is 2.55. The minimum absolute atomic E-state index is 0.329. The van der Waals surface area contributed by atoms with Gasteiger partial charge in [0.25, 0.3) is 0 Å². The highest BCUT2D eigenvalue weighted by molar-refractivity contribution is 7.18. The molecule has 0 fully saturated rings. The van der Waals surface area contributed by atoms with Gasteiger partial charge in [0, 0.05) is 4.88 Å². The van der Waals surface area contributed by atoms with Crippen molar-refractivity contribution in [3.8, 4) is 10.4 Å². The Morgan fingerprint density at radius 2 is 1.95 bits per heavy atom. The van der Waals surface area contributed by atoms with Gasteiger partial charge in [-0.1, -0.05) is 25.1 Å². The first-order valence-electron chi connectivity index (χ1n) is 7.15. The van der Waals surface area contributed by atoms with E-state index in [1.807, 2.05) is 0 Å². The quantitative estimate of drug-likeness (QED) is 0.854. The molecule has 4 heteroatoms. The number of hydrogen-bond donors (Lipinski definition) is 1. The lowest BCUT2D eigenvalue weighted by atomic mass is 10.0. The summed E-state index contributed by atoms with van der Waals surface area (Å²) < 4.78 is 5.09. The molecular formula is C17H21NO2S. The lowest BCUT2D eigenvalue weighted by Crippen LogP contribution is -2.05. The fourth-order valence-corrected chi connectivity index (χ4v) is 3.49. The van der Waals surface area contributed by atoms with Crippen molar-refractivity contribution >= 4 is 23.0 Å². The predicted molar refractivity (Wildman–Crippen MR) is 89.0 cm³/mol. The average Bonchev–Trinajstić information content (AvgIpc) is 2.79. The number of aryl methyl sites for hydroxylation is 2. The maximum atomic E-state index is 12.0. The molecule has 0 atom stereocenters. The monoisotopic (exact) mass is 303 g/mol. The molecule has 0 aliphatic rings. The number of ether oxygens (including phenoxy) is 1. The normalized spacial score (nSPS) is 10.7. The van der Waals surface area contributed by atoms with E-state index in [-0.39, 0.29) is 5.97 Å². The summed E-state index contributed by atoms with van der Waals surface area (Å²) in [5, 5.41) is 0. The summed E-state index contributed by atoms with van der Waals surface area (Å²) in [6.07, 6.45) is 0.796. The van der Waals surface area contributed by atoms with Crippen LogP contribution >= 0.6 is 11.3 Å². The Labute approximate surface area is 129 Å². The second kappa shape index (κ2) is 6.31. The van der Waals surface area contributed by atoms with Crippen molar-refractivity contribution in [2.45, 2.75) is 34.1 Å². The van der Waals surface area contributed by atoms with Gasteiger partial charge >= 0.3 is 5.97 Å². The van der Waals surface area contributed by atoms with Crippen LogP contribution in [0.5, 0.6) is 0 Å². The second-order valence-corrected chi connectivity index (χ2v) is 6.05. The molecule has 0 saturated heterocycles. The first-order valence-corrected chi connectivity index (χ1v) is 7.97. The maximum absolute atomic E-state index is 12.0. The van der Waals surface area contributed by atoms with Crippen molar-refractivity contribution in [1.82, 2.24) is 0 Å². The van der Waals surface area contributed by atoms with Gasteiger partial charge in [0.15, 0.2) is 0 Å². The molecule has 1 aromatic heterocycles. The van der Waals surface area contributed by atoms with Crippen LogP contribution in [0.2, 0.25) is 0 Å². The van der Waals surface area contributed by atoms with Crippen LogP contribution in [0.15, 0.2) is 18.2 Å². The van der Waals surface area contributed by atoms with Gasteiger partial charge in [-0.25, -0.2) is 4.79 Å². The molecule has 0 aliphatic heterocycles. The van der Waals surface area contributed by atoms with E-state index in [0.29, 0.717) is 17.2 Å². The number of carbonyl (C=O) groups excluding carboxylic acids is 1. The Morgan fingerprint density at radius 1 is 1.24 bits per heavy atom. The molecule has 3 nitrogen and oxygen atoms in total. The summed E-state index contributed by atoms with van der Waals surface area (Å²) in [5.74, 6) is -0.329. The molecule has 21 heavy (non-hydrogen) atoms. The highest BCUT2D eigenvalue weighted by atomic mass is 32.1. The summed E-state index contributed by atoms with van der Waals surface area (Å²) in [7, 11) is 0. The number of thiophene rings is 1. The molecule has 2 N–H and O–H groups in total. The number of nitrogens with two attached hydrogens (primary N) is 1. The maximum Gasteiger partial charge on any atom is 0.350 e. The number of hydrogen-bond acceptors (Lipinski definition) is 4. The first kappa shape index (κ1) is 15.6. The van der Waals surface area contributed by atoms with Crippen LogP contribution in [-0.4, -0.2) is 12.6 Å². The van der Waals surface area contributed by atoms with Gasteiger partial charge in [-0.05, 0) is 49.4 Å². The van der Waals surface area contributed by atoms with Crippen LogP contribution in [0.3, 0.4) is 0 Å². The van der Waals surface area contributed by atoms with Gasteiger partial charge in [-0.15, -0.1) is 11.3 Å². The van der Waals surface area contributed by atoms with Crippen molar-refractivity contribution in [3.63, 3.8) is 0 Å². The predicted octanol–water partition coefficient (Wildman–Crippen LogP) is 4.35. The molecule has 0 bridgehead atoms. The van der Waals surface area contributed by atoms with Gasteiger partial charge in [0.05, 0.1) is 12.3 Å². The molecule has 112 valence electrons. The van der Waals surface area contributed by atoms with Crippen molar-refractivity contribution in [3.05, 3.63) is 39.8 Å². The first-order chi connectivity index (χ1) is 9.99. The Hall–Kier alpha value is -1.81. The molecule has 2 aromatic rings. The molecule has 0 saturated carbocycles. The van der Waals surface area contributed by atoms with Crippen molar-refractivity contribution < 1.29 is 9.53 Å². The number of esters is 1. The summed E-state index contributed by atoms with van der Waals surface area (Å²) in [4.78, 5) is 13.6. The Morgan fingerprint density at radius 3 is 2.52 bits per heavy atom. The Kier molecular flexibility index (Phi) is 4.68. The number of nitrogen functional groups attached to an aromatic ring is 1. The second-order valence-electron chi connectivity index (χ2n) is 5.03. The minimum atomic E-state index is -0.329. The van der Waals surface area contributed by atoms with E-state index in [0.717, 1.165) is 22.4 Å². The van der Waals surface area contributed by atoms with Crippen LogP contribution in [-0.2, 0) is 11.2 Å². The molecule has 1 aromatic carbocycles. The van der Waals surface area contributed by atoms with E-state index in [4.69, 9.17) is 10.5 Å². The van der Waals surface area contributed by atoms with E-state index in [1.54, 1.807) is 6.92 Å². The average molecular weight is 303 g/mol. The molecule has 0 spiro atoms. The van der Waals surface area contributed by atoms with Gasteiger partial charge in [-0.2, -0.15) is 0 Å². The molecule has 0 aliphatic carbocycles. The number of rotatable bonds is 4. The fraction of sp³-hybridized carbons (Fsp3) is 0.353. The topological polar surface area (TPSA) is 52.3 Å². The van der Waals surface area contributed by atoms with E-state index >= 15 is 0 Å². The largest absolute Gasteiger partial charge is 0.462 e. The van der Waals surface area contributed by atoms with Crippen molar-refractivity contribution in [2.75, 3.05) is 12.3 Å². The van der Waals surface area contributed by atoms with Crippen molar-refractivity contribution in [2.24, 2.45) is 0 Å². The molecule has 0 unspecified atom stereocenters. The molecule has 0 radical (unpaired) electrons. The number of benzene rings is 1. The molecule has 1 heterocycles. The summed E-state index contributed by atoms with van der Waals surface area (Å²) >= 11 is 1.43. The smallest absolute Gasteiger partial charge is 0.350 e. The summed E-state index contributed by atoms with van der Waals surface area (Å²) in [5.41, 5.74) is 11.4. The van der Waals surface area contributed by atoms with Gasteiger partial charge in [0.1, 0.15) is 4.88 Å². The zero-order valence-electron chi connectivity index (χ0n) is 12.9. The fourth-order valence-electron chi connectivity index (χ4n) is 2.29. The van der Waals surface area contributed by atoms with Crippen LogP contribution in [0.1, 0.15) is 40.2 Å². The van der Waals surface area contributed by atoms with E-state index < -0.39 is 0 Å². The van der Waals surface area contributed by atoms with E-state index in [2.05, 4.69) is 39.0 Å². The lowest BCUT2D eigenvalue weighted by Gasteiger charge is -2.06. The Bertz CT molecular complexity index is 674. The minimum Gasteiger partial charge on any atom is -0.462 e.